The Balaban J connectivity index is 1.40. The van der Waals surface area contributed by atoms with Gasteiger partial charge < -0.3 is 19.2 Å². The predicted molar refractivity (Wildman–Crippen MR) is 171 cm³/mol. The molecule has 44 heavy (non-hydrogen) atoms. The fourth-order valence-electron chi connectivity index (χ4n) is 4.65. The van der Waals surface area contributed by atoms with Crippen molar-refractivity contribution in [3.8, 4) is 34.4 Å². The van der Waals surface area contributed by atoms with Gasteiger partial charge in [0.05, 0.1) is 36.1 Å². The third-order valence-electron chi connectivity index (χ3n) is 6.57. The summed E-state index contributed by atoms with van der Waals surface area (Å²) in [6.07, 6.45) is 1.39. The van der Waals surface area contributed by atoms with Crippen molar-refractivity contribution in [2.75, 3.05) is 13.2 Å². The topological polar surface area (TPSA) is 126 Å². The Kier molecular flexibility index (Phi) is 9.37. The minimum Gasteiger partial charge on any atom is -0.490 e. The van der Waals surface area contributed by atoms with Gasteiger partial charge in [-0.15, -0.1) is 0 Å². The van der Waals surface area contributed by atoms with E-state index in [2.05, 4.69) is 37.5 Å². The van der Waals surface area contributed by atoms with Crippen LogP contribution in [0.2, 0.25) is 0 Å². The summed E-state index contributed by atoms with van der Waals surface area (Å²) in [6, 6.07) is 26.8. The molecule has 220 valence electrons. The van der Waals surface area contributed by atoms with Crippen LogP contribution in [0, 0.1) is 11.3 Å². The summed E-state index contributed by atoms with van der Waals surface area (Å²) in [5.74, 6) is 0.0999. The molecular formula is C34H27BrN4O5. The number of hydrazone groups is 1. The molecule has 4 aromatic carbocycles. The first-order valence-electron chi connectivity index (χ1n) is 13.8. The molecule has 0 unspecified atom stereocenters. The third-order valence-corrected chi connectivity index (χ3v) is 7.06. The van der Waals surface area contributed by atoms with Crippen molar-refractivity contribution in [2.24, 2.45) is 5.10 Å². The van der Waals surface area contributed by atoms with E-state index in [1.807, 2.05) is 50.2 Å². The molecule has 0 bridgehead atoms. The number of hydrogen-bond donors (Lipinski definition) is 2. The normalized spacial score (nSPS) is 10.9. The standard InChI is InChI=1S/C34H27BrN4O5/c1-3-42-28-15-13-22(18-29(28)43-4-2)34(41)44-27-16-14-25(35)17-24(27)20-37-39-33(40)32-30(21-9-6-5-7-10-21)26-12-8-11-23(19-36)31(26)38-32/h5-18,20,38H,3-4H2,1-2H3,(H,39,40). The molecule has 1 heterocycles. The van der Waals surface area contributed by atoms with Gasteiger partial charge in [0.1, 0.15) is 17.5 Å². The third kappa shape index (κ3) is 6.48. The molecule has 0 saturated heterocycles. The lowest BCUT2D eigenvalue weighted by atomic mass is 10.0. The number of nitrogens with zero attached hydrogens (tertiary/aromatic N) is 2. The van der Waals surface area contributed by atoms with E-state index in [0.29, 0.717) is 46.9 Å². The molecule has 0 atom stereocenters. The SMILES string of the molecule is CCOc1ccc(C(=O)Oc2ccc(Br)cc2C=NNC(=O)c2[nH]c3c(C#N)cccc3c2-c2ccccc2)cc1OCC. The van der Waals surface area contributed by atoms with E-state index in [9.17, 15) is 14.9 Å². The molecule has 2 N–H and O–H groups in total. The van der Waals surface area contributed by atoms with Crippen molar-refractivity contribution in [1.82, 2.24) is 10.4 Å². The Labute approximate surface area is 262 Å². The molecule has 5 aromatic rings. The highest BCUT2D eigenvalue weighted by molar-refractivity contribution is 9.10. The Hall–Kier alpha value is -5.40. The van der Waals surface area contributed by atoms with Crippen LogP contribution in [-0.4, -0.2) is 36.3 Å². The molecule has 0 fully saturated rings. The van der Waals surface area contributed by atoms with Crippen molar-refractivity contribution in [3.05, 3.63) is 112 Å². The summed E-state index contributed by atoms with van der Waals surface area (Å²) >= 11 is 3.43. The number of amides is 1. The lowest BCUT2D eigenvalue weighted by Crippen LogP contribution is -2.19. The summed E-state index contributed by atoms with van der Waals surface area (Å²) in [7, 11) is 0. The fraction of sp³-hybridized carbons (Fsp3) is 0.118. The molecule has 10 heteroatoms. The number of benzene rings is 4. The highest BCUT2D eigenvalue weighted by Crippen LogP contribution is 2.34. The number of carbonyl (C=O) groups is 2. The number of fused-ring (bicyclic) bond motifs is 1. The van der Waals surface area contributed by atoms with Crippen LogP contribution in [0.3, 0.4) is 0 Å². The molecule has 1 amide bonds. The lowest BCUT2D eigenvalue weighted by Gasteiger charge is -2.13. The van der Waals surface area contributed by atoms with Gasteiger partial charge in [0.15, 0.2) is 11.5 Å². The van der Waals surface area contributed by atoms with Gasteiger partial charge in [0.25, 0.3) is 5.91 Å². The minimum atomic E-state index is -0.603. The number of halogens is 1. The quantitative estimate of drug-likeness (QED) is 0.0710. The highest BCUT2D eigenvalue weighted by atomic mass is 79.9. The van der Waals surface area contributed by atoms with E-state index >= 15 is 0 Å². The molecule has 0 saturated carbocycles. The van der Waals surface area contributed by atoms with Crippen molar-refractivity contribution >= 4 is 44.9 Å². The zero-order chi connectivity index (χ0) is 31.1. The van der Waals surface area contributed by atoms with E-state index in [1.165, 1.54) is 6.21 Å². The van der Waals surface area contributed by atoms with E-state index in [4.69, 9.17) is 14.2 Å². The fourth-order valence-corrected chi connectivity index (χ4v) is 5.03. The number of esters is 1. The maximum Gasteiger partial charge on any atom is 0.343 e. The number of carbonyl (C=O) groups excluding carboxylic acids is 2. The maximum atomic E-state index is 13.4. The molecule has 0 spiro atoms. The number of rotatable bonds is 10. The van der Waals surface area contributed by atoms with Crippen molar-refractivity contribution in [3.63, 3.8) is 0 Å². The minimum absolute atomic E-state index is 0.234. The monoisotopic (exact) mass is 650 g/mol. The largest absolute Gasteiger partial charge is 0.490 e. The summed E-state index contributed by atoms with van der Waals surface area (Å²) in [5.41, 5.74) is 5.98. The van der Waals surface area contributed by atoms with Crippen LogP contribution in [0.5, 0.6) is 17.2 Å². The van der Waals surface area contributed by atoms with Gasteiger partial charge in [-0.25, -0.2) is 10.2 Å². The van der Waals surface area contributed by atoms with Crippen molar-refractivity contribution in [2.45, 2.75) is 13.8 Å². The van der Waals surface area contributed by atoms with Crippen molar-refractivity contribution < 1.29 is 23.8 Å². The second-order valence-electron chi connectivity index (χ2n) is 9.38. The number of H-pyrrole nitrogens is 1. The first-order chi connectivity index (χ1) is 21.4. The number of hydrogen-bond acceptors (Lipinski definition) is 7. The zero-order valence-electron chi connectivity index (χ0n) is 23.9. The Bertz CT molecular complexity index is 1910. The second kappa shape index (κ2) is 13.7. The van der Waals surface area contributed by atoms with Crippen LogP contribution < -0.4 is 19.6 Å². The molecule has 9 nitrogen and oxygen atoms in total. The molecular weight excluding hydrogens is 624 g/mol. The van der Waals surface area contributed by atoms with Crippen molar-refractivity contribution in [1.29, 1.82) is 5.26 Å². The summed E-state index contributed by atoms with van der Waals surface area (Å²) in [5, 5.41) is 14.5. The van der Waals surface area contributed by atoms with E-state index in [-0.39, 0.29) is 17.0 Å². The van der Waals surface area contributed by atoms with Crippen LogP contribution in [0.25, 0.3) is 22.0 Å². The first-order valence-corrected chi connectivity index (χ1v) is 14.6. The Morgan fingerprint density at radius 2 is 1.68 bits per heavy atom. The van der Waals surface area contributed by atoms with E-state index < -0.39 is 11.9 Å². The molecule has 0 aliphatic heterocycles. The molecule has 5 rings (SSSR count). The predicted octanol–water partition coefficient (Wildman–Crippen LogP) is 7.25. The van der Waals surface area contributed by atoms with Gasteiger partial charge in [-0.1, -0.05) is 58.4 Å². The first kappa shape index (κ1) is 30.1. The lowest BCUT2D eigenvalue weighted by molar-refractivity contribution is 0.0733. The number of para-hydroxylation sites is 1. The van der Waals surface area contributed by atoms with Crippen LogP contribution in [0.1, 0.15) is 45.8 Å². The zero-order valence-corrected chi connectivity index (χ0v) is 25.5. The van der Waals surface area contributed by atoms with Gasteiger partial charge in [-0.3, -0.25) is 4.79 Å². The average molecular weight is 652 g/mol. The number of aromatic nitrogens is 1. The van der Waals surface area contributed by atoms with Gasteiger partial charge in [-0.05, 0) is 61.9 Å². The van der Waals surface area contributed by atoms with Gasteiger partial charge in [0, 0.05) is 21.0 Å². The van der Waals surface area contributed by atoms with Crippen LogP contribution in [0.4, 0.5) is 0 Å². The number of ether oxygens (including phenoxy) is 3. The Morgan fingerprint density at radius 1 is 0.932 bits per heavy atom. The molecule has 0 aliphatic rings. The highest BCUT2D eigenvalue weighted by Gasteiger charge is 2.21. The molecule has 0 radical (unpaired) electrons. The van der Waals surface area contributed by atoms with Crippen LogP contribution in [0.15, 0.2) is 94.5 Å². The smallest absolute Gasteiger partial charge is 0.343 e. The van der Waals surface area contributed by atoms with Gasteiger partial charge in [-0.2, -0.15) is 10.4 Å². The van der Waals surface area contributed by atoms with Crippen LogP contribution in [-0.2, 0) is 0 Å². The molecule has 0 aliphatic carbocycles. The number of aromatic amines is 1. The number of nitriles is 1. The summed E-state index contributed by atoms with van der Waals surface area (Å²) < 4.78 is 17.6. The second-order valence-corrected chi connectivity index (χ2v) is 10.3. The van der Waals surface area contributed by atoms with E-state index in [0.717, 1.165) is 15.4 Å². The van der Waals surface area contributed by atoms with Gasteiger partial charge >= 0.3 is 5.97 Å². The van der Waals surface area contributed by atoms with E-state index in [1.54, 1.807) is 48.5 Å². The molecule has 1 aromatic heterocycles. The summed E-state index contributed by atoms with van der Waals surface area (Å²) in [4.78, 5) is 29.6. The average Bonchev–Trinajstić information content (AvgIpc) is 3.44. The number of nitrogens with one attached hydrogen (secondary N) is 2. The maximum absolute atomic E-state index is 13.4. The Morgan fingerprint density at radius 3 is 2.43 bits per heavy atom. The van der Waals surface area contributed by atoms with Gasteiger partial charge in [0.2, 0.25) is 0 Å². The summed E-state index contributed by atoms with van der Waals surface area (Å²) in [6.45, 7) is 4.57. The van der Waals surface area contributed by atoms with Crippen LogP contribution >= 0.6 is 15.9 Å².